The van der Waals surface area contributed by atoms with Gasteiger partial charge in [0.05, 0.1) is 11.3 Å². The van der Waals surface area contributed by atoms with E-state index in [9.17, 15) is 14.0 Å². The Bertz CT molecular complexity index is 718. The fraction of sp³-hybridized carbons (Fsp3) is 0.176. The van der Waals surface area contributed by atoms with E-state index in [1.807, 2.05) is 0 Å². The van der Waals surface area contributed by atoms with Crippen LogP contribution in [0, 0.1) is 5.82 Å². The van der Waals surface area contributed by atoms with Gasteiger partial charge in [-0.25, -0.2) is 9.18 Å². The molecule has 0 fully saturated rings. The summed E-state index contributed by atoms with van der Waals surface area (Å²) >= 11 is 0. The number of anilines is 2. The summed E-state index contributed by atoms with van der Waals surface area (Å²) in [6, 6.07) is 12.0. The zero-order valence-electron chi connectivity index (χ0n) is 12.6. The van der Waals surface area contributed by atoms with E-state index in [1.54, 1.807) is 31.2 Å². The van der Waals surface area contributed by atoms with Crippen molar-refractivity contribution in [1.29, 1.82) is 0 Å². The lowest BCUT2D eigenvalue weighted by Gasteiger charge is -2.16. The van der Waals surface area contributed by atoms with Gasteiger partial charge in [0.2, 0.25) is 0 Å². The molecule has 6 heteroatoms. The molecule has 3 N–H and O–H groups in total. The number of benzene rings is 2. The highest BCUT2D eigenvalue weighted by Crippen LogP contribution is 2.15. The summed E-state index contributed by atoms with van der Waals surface area (Å²) in [5.41, 5.74) is 6.32. The minimum atomic E-state index is -1.02. The summed E-state index contributed by atoms with van der Waals surface area (Å²) < 4.78 is 18.7. The van der Waals surface area contributed by atoms with E-state index in [2.05, 4.69) is 5.32 Å². The SMILES string of the molecule is CCC(OC(=O)c1cccc(N)c1)C(=O)Nc1ccccc1F. The molecule has 1 unspecified atom stereocenters. The Labute approximate surface area is 133 Å². The van der Waals surface area contributed by atoms with Crippen molar-refractivity contribution in [3.8, 4) is 0 Å². The molecule has 0 saturated heterocycles. The van der Waals surface area contributed by atoms with Gasteiger partial charge in [-0.1, -0.05) is 25.1 Å². The predicted octanol–water partition coefficient (Wildman–Crippen LogP) is 2.98. The largest absolute Gasteiger partial charge is 0.449 e. The molecule has 2 aromatic rings. The van der Waals surface area contributed by atoms with Crippen LogP contribution in [0.3, 0.4) is 0 Å². The normalized spacial score (nSPS) is 11.6. The number of nitrogens with one attached hydrogen (secondary N) is 1. The molecule has 0 aliphatic heterocycles. The number of carbonyl (C=O) groups excluding carboxylic acids is 2. The lowest BCUT2D eigenvalue weighted by Crippen LogP contribution is -2.32. The number of hydrogen-bond donors (Lipinski definition) is 2. The molecular weight excluding hydrogens is 299 g/mol. The lowest BCUT2D eigenvalue weighted by molar-refractivity contribution is -0.124. The molecular formula is C17H17FN2O3. The minimum absolute atomic E-state index is 0.0379. The van der Waals surface area contributed by atoms with Gasteiger partial charge in [0, 0.05) is 5.69 Å². The molecule has 0 heterocycles. The number of carbonyl (C=O) groups is 2. The summed E-state index contributed by atoms with van der Waals surface area (Å²) in [5, 5.41) is 2.41. The molecule has 2 rings (SSSR count). The van der Waals surface area contributed by atoms with Crippen LogP contribution in [0.5, 0.6) is 0 Å². The highest BCUT2D eigenvalue weighted by Gasteiger charge is 2.22. The number of hydrogen-bond acceptors (Lipinski definition) is 4. The number of nitrogens with two attached hydrogens (primary N) is 1. The summed E-state index contributed by atoms with van der Waals surface area (Å²) in [6.07, 6.45) is -0.766. The average molecular weight is 316 g/mol. The van der Waals surface area contributed by atoms with Crippen LogP contribution in [0.2, 0.25) is 0 Å². The number of esters is 1. The number of amides is 1. The van der Waals surface area contributed by atoms with Gasteiger partial charge in [-0.2, -0.15) is 0 Å². The van der Waals surface area contributed by atoms with Crippen LogP contribution in [0.15, 0.2) is 48.5 Å². The average Bonchev–Trinajstić information content (AvgIpc) is 2.54. The molecule has 2 aromatic carbocycles. The van der Waals surface area contributed by atoms with Crippen LogP contribution in [0.4, 0.5) is 15.8 Å². The number of ether oxygens (including phenoxy) is 1. The van der Waals surface area contributed by atoms with Crippen LogP contribution in [0.25, 0.3) is 0 Å². The van der Waals surface area contributed by atoms with E-state index in [1.165, 1.54) is 24.3 Å². The second kappa shape index (κ2) is 7.40. The Morgan fingerprint density at radius 3 is 2.61 bits per heavy atom. The molecule has 0 spiro atoms. The van der Waals surface area contributed by atoms with Crippen molar-refractivity contribution in [3.63, 3.8) is 0 Å². The first-order chi connectivity index (χ1) is 11.0. The van der Waals surface area contributed by atoms with Crippen molar-refractivity contribution >= 4 is 23.3 Å². The molecule has 0 radical (unpaired) electrons. The first kappa shape index (κ1) is 16.5. The Morgan fingerprint density at radius 2 is 1.96 bits per heavy atom. The third kappa shape index (κ3) is 4.29. The molecule has 0 aliphatic carbocycles. The highest BCUT2D eigenvalue weighted by atomic mass is 19.1. The molecule has 1 atom stereocenters. The Balaban J connectivity index is 2.06. The Morgan fingerprint density at radius 1 is 1.22 bits per heavy atom. The highest BCUT2D eigenvalue weighted by molar-refractivity contribution is 5.97. The molecule has 120 valence electrons. The first-order valence-electron chi connectivity index (χ1n) is 7.13. The second-order valence-electron chi connectivity index (χ2n) is 4.90. The summed E-state index contributed by atoms with van der Waals surface area (Å²) in [6.45, 7) is 1.69. The van der Waals surface area contributed by atoms with Gasteiger partial charge < -0.3 is 15.8 Å². The molecule has 1 amide bonds. The summed E-state index contributed by atoms with van der Waals surface area (Å²) in [5.74, 6) is -1.81. The minimum Gasteiger partial charge on any atom is -0.449 e. The maximum atomic E-state index is 13.6. The molecule has 0 saturated carbocycles. The van der Waals surface area contributed by atoms with Gasteiger partial charge in [-0.3, -0.25) is 4.79 Å². The number of rotatable bonds is 5. The standard InChI is InChI=1S/C17H17FN2O3/c1-2-15(16(21)20-14-9-4-3-8-13(14)18)23-17(22)11-6-5-7-12(19)10-11/h3-10,15H,2,19H2,1H3,(H,20,21). The second-order valence-corrected chi connectivity index (χ2v) is 4.90. The van der Waals surface area contributed by atoms with Crippen LogP contribution in [-0.4, -0.2) is 18.0 Å². The van der Waals surface area contributed by atoms with Crippen molar-refractivity contribution in [1.82, 2.24) is 0 Å². The monoisotopic (exact) mass is 316 g/mol. The number of nitrogen functional groups attached to an aromatic ring is 1. The van der Waals surface area contributed by atoms with Gasteiger partial charge >= 0.3 is 5.97 Å². The number of para-hydroxylation sites is 1. The molecule has 23 heavy (non-hydrogen) atoms. The molecule has 0 bridgehead atoms. The maximum Gasteiger partial charge on any atom is 0.338 e. The first-order valence-corrected chi connectivity index (χ1v) is 7.13. The van der Waals surface area contributed by atoms with Crippen LogP contribution < -0.4 is 11.1 Å². The fourth-order valence-corrected chi connectivity index (χ4v) is 1.96. The van der Waals surface area contributed by atoms with Crippen molar-refractivity contribution in [2.75, 3.05) is 11.1 Å². The van der Waals surface area contributed by atoms with E-state index in [0.717, 1.165) is 0 Å². The smallest absolute Gasteiger partial charge is 0.338 e. The fourth-order valence-electron chi connectivity index (χ4n) is 1.96. The zero-order valence-corrected chi connectivity index (χ0v) is 12.6. The van der Waals surface area contributed by atoms with Gasteiger partial charge in [0.25, 0.3) is 5.91 Å². The van der Waals surface area contributed by atoms with Gasteiger partial charge in [0.15, 0.2) is 6.10 Å². The van der Waals surface area contributed by atoms with Crippen molar-refractivity contribution in [2.45, 2.75) is 19.4 Å². The van der Waals surface area contributed by atoms with Crippen molar-refractivity contribution in [2.24, 2.45) is 0 Å². The quantitative estimate of drug-likeness (QED) is 0.656. The third-order valence-electron chi connectivity index (χ3n) is 3.17. The van der Waals surface area contributed by atoms with E-state index in [-0.39, 0.29) is 17.7 Å². The zero-order chi connectivity index (χ0) is 16.8. The van der Waals surface area contributed by atoms with Crippen LogP contribution in [-0.2, 0) is 9.53 Å². The Hall–Kier alpha value is -2.89. The van der Waals surface area contributed by atoms with Gasteiger partial charge in [-0.15, -0.1) is 0 Å². The topological polar surface area (TPSA) is 81.4 Å². The van der Waals surface area contributed by atoms with E-state index >= 15 is 0 Å². The molecule has 0 aliphatic rings. The molecule has 0 aromatic heterocycles. The van der Waals surface area contributed by atoms with Gasteiger partial charge in [0.1, 0.15) is 5.82 Å². The van der Waals surface area contributed by atoms with Crippen LogP contribution in [0.1, 0.15) is 23.7 Å². The maximum absolute atomic E-state index is 13.6. The summed E-state index contributed by atoms with van der Waals surface area (Å²) in [4.78, 5) is 24.2. The lowest BCUT2D eigenvalue weighted by atomic mass is 10.2. The molecule has 5 nitrogen and oxygen atoms in total. The van der Waals surface area contributed by atoms with E-state index < -0.39 is 23.8 Å². The van der Waals surface area contributed by atoms with E-state index in [4.69, 9.17) is 10.5 Å². The van der Waals surface area contributed by atoms with E-state index in [0.29, 0.717) is 5.69 Å². The number of halogens is 1. The van der Waals surface area contributed by atoms with Gasteiger partial charge in [-0.05, 0) is 36.8 Å². The van der Waals surface area contributed by atoms with Crippen molar-refractivity contribution in [3.05, 3.63) is 59.9 Å². The third-order valence-corrected chi connectivity index (χ3v) is 3.17. The summed E-state index contributed by atoms with van der Waals surface area (Å²) in [7, 11) is 0. The predicted molar refractivity (Wildman–Crippen MR) is 85.4 cm³/mol. The van der Waals surface area contributed by atoms with Crippen LogP contribution >= 0.6 is 0 Å². The van der Waals surface area contributed by atoms with Crippen molar-refractivity contribution < 1.29 is 18.7 Å². The Kier molecular flexibility index (Phi) is 5.30.